The van der Waals surface area contributed by atoms with Crippen LogP contribution in [0.3, 0.4) is 0 Å². The van der Waals surface area contributed by atoms with E-state index in [0.29, 0.717) is 18.4 Å². The molecule has 4 nitrogen and oxygen atoms in total. The lowest BCUT2D eigenvalue weighted by Gasteiger charge is -2.13. The largest absolute Gasteiger partial charge is 0.494 e. The third-order valence-corrected chi connectivity index (χ3v) is 4.70. The van der Waals surface area contributed by atoms with Crippen LogP contribution in [0, 0.1) is 0 Å². The summed E-state index contributed by atoms with van der Waals surface area (Å²) in [5.41, 5.74) is -1.35. The fourth-order valence-corrected chi connectivity index (χ4v) is 3.18. The molecule has 0 bridgehead atoms. The summed E-state index contributed by atoms with van der Waals surface area (Å²) in [5.74, 6) is 0.488. The van der Waals surface area contributed by atoms with Gasteiger partial charge in [-0.1, -0.05) is 11.6 Å². The molecule has 0 aliphatic carbocycles. The molecule has 130 valence electrons. The highest BCUT2D eigenvalue weighted by atomic mass is 35.5. The van der Waals surface area contributed by atoms with Crippen molar-refractivity contribution in [2.75, 3.05) is 11.3 Å². The van der Waals surface area contributed by atoms with Crippen LogP contribution in [0.4, 0.5) is 18.9 Å². The number of rotatable bonds is 5. The first-order chi connectivity index (χ1) is 11.1. The number of anilines is 1. The van der Waals surface area contributed by atoms with E-state index in [0.717, 1.165) is 12.1 Å². The van der Waals surface area contributed by atoms with Gasteiger partial charge in [0.05, 0.1) is 22.1 Å². The number of ether oxygens (including phenoxy) is 1. The first kappa shape index (κ1) is 18.4. The van der Waals surface area contributed by atoms with Crippen molar-refractivity contribution >= 4 is 27.3 Å². The third-order valence-electron chi connectivity index (χ3n) is 2.97. The highest BCUT2D eigenvalue weighted by Gasteiger charge is 2.33. The van der Waals surface area contributed by atoms with Gasteiger partial charge in [0.2, 0.25) is 0 Å². The van der Waals surface area contributed by atoms with E-state index in [1.165, 1.54) is 24.3 Å². The molecule has 0 aliphatic rings. The predicted molar refractivity (Wildman–Crippen MR) is 84.9 cm³/mol. The van der Waals surface area contributed by atoms with Crippen molar-refractivity contribution in [2.45, 2.75) is 18.0 Å². The number of hydrogen-bond acceptors (Lipinski definition) is 3. The molecule has 0 spiro atoms. The van der Waals surface area contributed by atoms with Gasteiger partial charge in [0.1, 0.15) is 5.75 Å². The van der Waals surface area contributed by atoms with Crippen LogP contribution >= 0.6 is 11.6 Å². The average Bonchev–Trinajstić information content (AvgIpc) is 2.49. The molecule has 0 heterocycles. The Bertz CT molecular complexity index is 821. The molecular formula is C15H13ClF3NO3S. The number of benzene rings is 2. The number of alkyl halides is 3. The van der Waals surface area contributed by atoms with Crippen molar-refractivity contribution in [2.24, 2.45) is 0 Å². The van der Waals surface area contributed by atoms with Crippen LogP contribution in [0.5, 0.6) is 5.75 Å². The molecule has 0 saturated carbocycles. The molecule has 9 heteroatoms. The van der Waals surface area contributed by atoms with Gasteiger partial charge in [-0.15, -0.1) is 0 Å². The third kappa shape index (κ3) is 4.33. The maximum absolute atomic E-state index is 12.8. The van der Waals surface area contributed by atoms with Crippen LogP contribution < -0.4 is 9.46 Å². The van der Waals surface area contributed by atoms with Gasteiger partial charge in [-0.2, -0.15) is 13.2 Å². The van der Waals surface area contributed by atoms with Gasteiger partial charge < -0.3 is 4.74 Å². The minimum atomic E-state index is -4.68. The highest BCUT2D eigenvalue weighted by molar-refractivity contribution is 7.92. The Hall–Kier alpha value is -1.93. The van der Waals surface area contributed by atoms with Gasteiger partial charge in [0.15, 0.2) is 0 Å². The lowest BCUT2D eigenvalue weighted by Crippen LogP contribution is -2.14. The Labute approximate surface area is 142 Å². The molecule has 0 radical (unpaired) electrons. The Morgan fingerprint density at radius 2 is 1.75 bits per heavy atom. The smallest absolute Gasteiger partial charge is 0.417 e. The topological polar surface area (TPSA) is 55.4 Å². The molecule has 0 unspecified atom stereocenters. The Kier molecular flexibility index (Phi) is 5.29. The number of nitrogens with one attached hydrogen (secondary N) is 1. The molecule has 2 aromatic rings. The first-order valence-corrected chi connectivity index (χ1v) is 8.62. The maximum Gasteiger partial charge on any atom is 0.417 e. The van der Waals surface area contributed by atoms with E-state index in [1.807, 2.05) is 0 Å². The fourth-order valence-electron chi connectivity index (χ4n) is 1.90. The monoisotopic (exact) mass is 379 g/mol. The summed E-state index contributed by atoms with van der Waals surface area (Å²) in [6.07, 6.45) is -4.68. The molecule has 2 aromatic carbocycles. The maximum atomic E-state index is 12.8. The molecule has 0 atom stereocenters. The Morgan fingerprint density at radius 1 is 1.12 bits per heavy atom. The van der Waals surface area contributed by atoms with Gasteiger partial charge >= 0.3 is 6.18 Å². The molecule has 24 heavy (non-hydrogen) atoms. The zero-order valence-electron chi connectivity index (χ0n) is 12.4. The van der Waals surface area contributed by atoms with Crippen molar-refractivity contribution in [3.63, 3.8) is 0 Å². The molecule has 2 rings (SSSR count). The van der Waals surface area contributed by atoms with Gasteiger partial charge in [0, 0.05) is 5.69 Å². The predicted octanol–water partition coefficient (Wildman–Crippen LogP) is 4.56. The van der Waals surface area contributed by atoms with Crippen LogP contribution in [0.2, 0.25) is 5.02 Å². The first-order valence-electron chi connectivity index (χ1n) is 6.76. The van der Waals surface area contributed by atoms with Crippen molar-refractivity contribution in [1.29, 1.82) is 0 Å². The summed E-state index contributed by atoms with van der Waals surface area (Å²) >= 11 is 5.51. The second-order valence-electron chi connectivity index (χ2n) is 4.70. The van der Waals surface area contributed by atoms with Crippen LogP contribution in [0.1, 0.15) is 12.5 Å². The normalized spacial score (nSPS) is 12.0. The van der Waals surface area contributed by atoms with E-state index in [2.05, 4.69) is 4.72 Å². The van der Waals surface area contributed by atoms with Gasteiger partial charge in [-0.05, 0) is 49.4 Å². The van der Waals surface area contributed by atoms with Crippen molar-refractivity contribution < 1.29 is 26.3 Å². The van der Waals surface area contributed by atoms with E-state index in [9.17, 15) is 21.6 Å². The van der Waals surface area contributed by atoms with E-state index < -0.39 is 26.8 Å². The summed E-state index contributed by atoms with van der Waals surface area (Å²) in [7, 11) is -4.04. The number of hydrogen-bond donors (Lipinski definition) is 1. The Balaban J connectivity index is 2.29. The zero-order valence-corrected chi connectivity index (χ0v) is 14.0. The van der Waals surface area contributed by atoms with Crippen LogP contribution in [0.25, 0.3) is 0 Å². The van der Waals surface area contributed by atoms with E-state index in [4.69, 9.17) is 16.3 Å². The quantitative estimate of drug-likeness (QED) is 0.828. The van der Waals surface area contributed by atoms with Gasteiger partial charge in [-0.3, -0.25) is 4.72 Å². The van der Waals surface area contributed by atoms with Crippen molar-refractivity contribution in [3.8, 4) is 5.75 Å². The lowest BCUT2D eigenvalue weighted by molar-refractivity contribution is -0.137. The van der Waals surface area contributed by atoms with Crippen LogP contribution in [-0.2, 0) is 16.2 Å². The summed E-state index contributed by atoms with van der Waals surface area (Å²) in [5, 5.41) is -0.508. The lowest BCUT2D eigenvalue weighted by atomic mass is 10.2. The molecule has 0 saturated heterocycles. The van der Waals surface area contributed by atoms with E-state index in [-0.39, 0.29) is 10.6 Å². The van der Waals surface area contributed by atoms with Crippen molar-refractivity contribution in [3.05, 3.63) is 53.1 Å². The summed E-state index contributed by atoms with van der Waals surface area (Å²) in [4.78, 5) is -0.102. The summed E-state index contributed by atoms with van der Waals surface area (Å²) in [6, 6.07) is 8.31. The molecule has 1 N–H and O–H groups in total. The standard InChI is InChI=1S/C15H13ClF3NO3S/c1-2-23-11-4-6-12(7-5-11)24(21,22)20-10-3-8-14(16)13(9-10)15(17,18)19/h3-9,20H,2H2,1H3. The second-order valence-corrected chi connectivity index (χ2v) is 6.79. The zero-order chi connectivity index (χ0) is 18.0. The molecule has 0 aromatic heterocycles. The minimum Gasteiger partial charge on any atom is -0.494 e. The van der Waals surface area contributed by atoms with Crippen LogP contribution in [0.15, 0.2) is 47.4 Å². The highest BCUT2D eigenvalue weighted by Crippen LogP contribution is 2.36. The van der Waals surface area contributed by atoms with Crippen molar-refractivity contribution in [1.82, 2.24) is 0 Å². The molecule has 0 aliphatic heterocycles. The van der Waals surface area contributed by atoms with Gasteiger partial charge in [0.25, 0.3) is 10.0 Å². The average molecular weight is 380 g/mol. The number of sulfonamides is 1. The molecule has 0 amide bonds. The molecule has 0 fully saturated rings. The summed E-state index contributed by atoms with van der Waals surface area (Å²) < 4.78 is 70.3. The fraction of sp³-hybridized carbons (Fsp3) is 0.200. The minimum absolute atomic E-state index is 0.102. The van der Waals surface area contributed by atoms with E-state index >= 15 is 0 Å². The molecular weight excluding hydrogens is 367 g/mol. The van der Waals surface area contributed by atoms with E-state index in [1.54, 1.807) is 6.92 Å². The van der Waals surface area contributed by atoms with Crippen LogP contribution in [-0.4, -0.2) is 15.0 Å². The SMILES string of the molecule is CCOc1ccc(S(=O)(=O)Nc2ccc(Cl)c(C(F)(F)F)c2)cc1. The summed E-state index contributed by atoms with van der Waals surface area (Å²) in [6.45, 7) is 2.21. The number of halogens is 4. The Morgan fingerprint density at radius 3 is 2.29 bits per heavy atom. The van der Waals surface area contributed by atoms with Gasteiger partial charge in [-0.25, -0.2) is 8.42 Å². The second kappa shape index (κ2) is 6.90.